The smallest absolute Gasteiger partial charge is 0.424 e. The van der Waals surface area contributed by atoms with Gasteiger partial charge in [-0.25, -0.2) is 37.6 Å². The fourth-order valence-electron chi connectivity index (χ4n) is 4.76. The van der Waals surface area contributed by atoms with E-state index in [1.807, 2.05) is 6.07 Å². The van der Waals surface area contributed by atoms with Crippen molar-refractivity contribution in [3.63, 3.8) is 0 Å². The number of phosphoric ester groups is 1. The molecule has 0 saturated carbocycles. The molecule has 252 valence electrons. The summed E-state index contributed by atoms with van der Waals surface area (Å²) < 4.78 is 62.5. The number of carbonyl (C=O) groups is 2. The van der Waals surface area contributed by atoms with E-state index < -0.39 is 49.9 Å². The molecular formula is C31H24F2N5O9PS. The van der Waals surface area contributed by atoms with Gasteiger partial charge in [0.05, 0.1) is 35.4 Å². The number of thiazole rings is 1. The predicted octanol–water partition coefficient (Wildman–Crippen LogP) is 5.69. The maximum absolute atomic E-state index is 15.6. The first-order valence-electron chi connectivity index (χ1n) is 14.0. The first-order chi connectivity index (χ1) is 23.4. The number of carbonyl (C=O) groups excluding carboxylic acids is 2. The van der Waals surface area contributed by atoms with Crippen LogP contribution in [0.3, 0.4) is 0 Å². The molecule has 0 aliphatic rings. The molecule has 18 heteroatoms. The number of nitriles is 1. The number of benzene rings is 3. The van der Waals surface area contributed by atoms with Crippen LogP contribution in [0.2, 0.25) is 0 Å². The van der Waals surface area contributed by atoms with Gasteiger partial charge >= 0.3 is 19.9 Å². The molecule has 5 rings (SSSR count). The van der Waals surface area contributed by atoms with Crippen LogP contribution in [0.25, 0.3) is 11.3 Å². The second-order valence-corrected chi connectivity index (χ2v) is 12.3. The fraction of sp³-hybridized carbons (Fsp3) is 0.161. The Morgan fingerprint density at radius 2 is 1.88 bits per heavy atom. The number of ether oxygens (including phenoxy) is 3. The molecule has 2 N–H and O–H groups in total. The van der Waals surface area contributed by atoms with Crippen LogP contribution in [0.1, 0.15) is 39.3 Å². The molecule has 0 aliphatic heterocycles. The molecular weight excluding hydrogens is 687 g/mol. The third-order valence-electron chi connectivity index (χ3n) is 7.08. The van der Waals surface area contributed by atoms with E-state index in [4.69, 9.17) is 34.2 Å². The van der Waals surface area contributed by atoms with Gasteiger partial charge in [-0.3, -0.25) is 9.79 Å². The highest BCUT2D eigenvalue weighted by atomic mass is 32.1. The fourth-order valence-corrected chi connectivity index (χ4v) is 6.12. The van der Waals surface area contributed by atoms with E-state index in [2.05, 4.69) is 14.6 Å². The summed E-state index contributed by atoms with van der Waals surface area (Å²) in [4.78, 5) is 52.4. The number of rotatable bonds is 12. The molecule has 14 nitrogen and oxygen atoms in total. The normalized spacial score (nSPS) is 13.1. The van der Waals surface area contributed by atoms with Crippen LogP contribution in [0.4, 0.5) is 13.6 Å². The Balaban J connectivity index is 1.43. The average molecular weight is 712 g/mol. The number of aromatic nitrogens is 4. The van der Waals surface area contributed by atoms with E-state index in [1.54, 1.807) is 36.6 Å². The summed E-state index contributed by atoms with van der Waals surface area (Å²) in [5.74, 6) is -4.24. The van der Waals surface area contributed by atoms with E-state index in [9.17, 15) is 18.5 Å². The highest BCUT2D eigenvalue weighted by molar-refractivity contribution is 7.46. The van der Waals surface area contributed by atoms with Crippen LogP contribution >= 0.6 is 19.2 Å². The molecule has 2 aromatic heterocycles. The monoisotopic (exact) mass is 711 g/mol. The first kappa shape index (κ1) is 34.8. The Morgan fingerprint density at radius 3 is 2.55 bits per heavy atom. The maximum Gasteiger partial charge on any atom is 0.524 e. The molecule has 0 unspecified atom stereocenters. The topological polar surface area (TPSA) is 196 Å². The summed E-state index contributed by atoms with van der Waals surface area (Å²) in [5, 5.41) is 15.3. The number of nitrogens with zero attached hydrogens (tertiary/aromatic N) is 5. The highest BCUT2D eigenvalue weighted by Crippen LogP contribution is 2.45. The van der Waals surface area contributed by atoms with Crippen LogP contribution in [0.15, 0.2) is 84.8 Å². The third-order valence-corrected chi connectivity index (χ3v) is 8.55. The lowest BCUT2D eigenvalue weighted by Gasteiger charge is -2.37. The van der Waals surface area contributed by atoms with Crippen molar-refractivity contribution in [3.8, 4) is 23.1 Å². The van der Waals surface area contributed by atoms with Crippen LogP contribution in [0, 0.1) is 23.0 Å². The number of halogens is 2. The van der Waals surface area contributed by atoms with Gasteiger partial charge in [0, 0.05) is 22.6 Å². The minimum absolute atomic E-state index is 0.188. The molecule has 0 spiro atoms. The summed E-state index contributed by atoms with van der Waals surface area (Å²) in [7, 11) is -4.90. The zero-order valence-electron chi connectivity index (χ0n) is 25.2. The Hall–Kier alpha value is -5.53. The second-order valence-electron chi connectivity index (χ2n) is 10.2. The van der Waals surface area contributed by atoms with Gasteiger partial charge in [-0.15, -0.1) is 11.3 Å². The maximum atomic E-state index is 15.6. The Bertz CT molecular complexity index is 2050. The van der Waals surface area contributed by atoms with Gasteiger partial charge in [0.25, 0.3) is 0 Å². The third kappa shape index (κ3) is 8.50. The summed E-state index contributed by atoms with van der Waals surface area (Å²) in [6, 6.07) is 16.2. The summed E-state index contributed by atoms with van der Waals surface area (Å²) in [6.45, 7) is 0.284. The SMILES string of the molecule is C[C@@H](c1nc(-c2ccc(C#N)cc2)cs1)[C@@](Cn1cncn1)(OC(=O)OCOC(=O)c1cccc(OP(=O)(O)O)c1)c1ccc(F)cc1F. The van der Waals surface area contributed by atoms with Crippen molar-refractivity contribution in [1.82, 2.24) is 19.7 Å². The van der Waals surface area contributed by atoms with E-state index in [-0.39, 0.29) is 23.4 Å². The molecule has 3 aromatic carbocycles. The van der Waals surface area contributed by atoms with Crippen LogP contribution in [-0.4, -0.2) is 48.5 Å². The molecule has 0 amide bonds. The number of hydrogen-bond acceptors (Lipinski definition) is 12. The lowest BCUT2D eigenvalue weighted by atomic mass is 9.81. The van der Waals surface area contributed by atoms with Crippen LogP contribution in [0.5, 0.6) is 5.75 Å². The molecule has 49 heavy (non-hydrogen) atoms. The zero-order chi connectivity index (χ0) is 35.2. The van der Waals surface area contributed by atoms with Gasteiger partial charge < -0.3 is 18.7 Å². The van der Waals surface area contributed by atoms with E-state index in [1.165, 1.54) is 46.9 Å². The average Bonchev–Trinajstić information content (AvgIpc) is 3.76. The van der Waals surface area contributed by atoms with Crippen molar-refractivity contribution in [2.75, 3.05) is 6.79 Å². The van der Waals surface area contributed by atoms with Crippen molar-refractivity contribution < 1.29 is 51.5 Å². The lowest BCUT2D eigenvalue weighted by molar-refractivity contribution is -0.0882. The van der Waals surface area contributed by atoms with Gasteiger partial charge in [0.2, 0.25) is 6.79 Å². The Morgan fingerprint density at radius 1 is 1.10 bits per heavy atom. The van der Waals surface area contributed by atoms with Crippen molar-refractivity contribution in [2.24, 2.45) is 0 Å². The molecule has 2 heterocycles. The standard InChI is InChI=1S/C31H24F2N5O9PS/c1-19(28-37-27(14-49-28)21-7-5-20(13-34)6-8-21)31(15-38-17-35-16-36-38,25-10-9-23(32)12-26(25)33)46-30(40)45-18-44-29(39)22-3-2-4-24(11-22)47-48(41,42)43/h2-12,14,16-17,19H,15,18H2,1H3,(H2,41,42,43)/t19-,31+/m0/s1. The Kier molecular flexibility index (Phi) is 10.4. The Labute approximate surface area is 280 Å². The lowest BCUT2D eigenvalue weighted by Crippen LogP contribution is -2.43. The molecule has 0 aliphatic carbocycles. The van der Waals surface area contributed by atoms with Gasteiger partial charge in [-0.1, -0.05) is 25.1 Å². The van der Waals surface area contributed by atoms with Crippen LogP contribution < -0.4 is 4.52 Å². The van der Waals surface area contributed by atoms with Crippen LogP contribution in [-0.2, 0) is 30.9 Å². The van der Waals surface area contributed by atoms with E-state index in [0.717, 1.165) is 18.2 Å². The van der Waals surface area contributed by atoms with Gasteiger partial charge in [0.15, 0.2) is 5.60 Å². The summed E-state index contributed by atoms with van der Waals surface area (Å²) in [5.41, 5.74) is -0.776. The number of phosphoric acid groups is 1. The van der Waals surface area contributed by atoms with Gasteiger partial charge in [0.1, 0.15) is 35.0 Å². The minimum Gasteiger partial charge on any atom is -0.424 e. The van der Waals surface area contributed by atoms with E-state index in [0.29, 0.717) is 27.9 Å². The molecule has 0 saturated heterocycles. The highest BCUT2D eigenvalue weighted by Gasteiger charge is 2.47. The first-order valence-corrected chi connectivity index (χ1v) is 16.4. The van der Waals surface area contributed by atoms with E-state index >= 15 is 4.39 Å². The van der Waals surface area contributed by atoms with Gasteiger partial charge in [-0.2, -0.15) is 10.4 Å². The molecule has 0 fully saturated rings. The molecule has 0 radical (unpaired) electrons. The van der Waals surface area contributed by atoms with Crippen molar-refractivity contribution in [3.05, 3.63) is 118 Å². The summed E-state index contributed by atoms with van der Waals surface area (Å²) in [6.07, 6.45) is 1.10. The molecule has 0 bridgehead atoms. The van der Waals surface area contributed by atoms with Crippen molar-refractivity contribution in [2.45, 2.75) is 25.0 Å². The summed E-state index contributed by atoms with van der Waals surface area (Å²) >= 11 is 1.18. The van der Waals surface area contributed by atoms with Crippen molar-refractivity contribution in [1.29, 1.82) is 5.26 Å². The molecule has 5 aromatic rings. The predicted molar refractivity (Wildman–Crippen MR) is 166 cm³/mol. The zero-order valence-corrected chi connectivity index (χ0v) is 26.9. The van der Waals surface area contributed by atoms with Crippen molar-refractivity contribution >= 4 is 31.3 Å². The quantitative estimate of drug-likeness (QED) is 0.0911. The molecule has 2 atom stereocenters. The van der Waals surface area contributed by atoms with Gasteiger partial charge in [-0.05, 0) is 42.5 Å². The second kappa shape index (κ2) is 14.7. The largest absolute Gasteiger partial charge is 0.524 e. The minimum atomic E-state index is -4.90. The number of hydrogen-bond donors (Lipinski definition) is 2. The number of esters is 1.